The summed E-state index contributed by atoms with van der Waals surface area (Å²) in [6.45, 7) is 2.93. The van der Waals surface area contributed by atoms with Gasteiger partial charge in [0.25, 0.3) is 5.56 Å². The average Bonchev–Trinajstić information content (AvgIpc) is 2.87. The van der Waals surface area contributed by atoms with Crippen LogP contribution in [-0.2, 0) is 13.1 Å². The summed E-state index contributed by atoms with van der Waals surface area (Å²) in [5.41, 5.74) is 2.70. The third-order valence-electron chi connectivity index (χ3n) is 5.82. The Labute approximate surface area is 233 Å². The van der Waals surface area contributed by atoms with E-state index in [0.717, 1.165) is 21.1 Å². The molecule has 1 heterocycles. The Hall–Kier alpha value is -3.07. The number of carbonyl (C=O) groups is 1. The Bertz CT molecular complexity index is 1510. The Balaban J connectivity index is 1.36. The van der Waals surface area contributed by atoms with Crippen LogP contribution in [0.15, 0.2) is 69.9 Å². The molecule has 4 aromatic rings. The molecule has 10 heteroatoms. The van der Waals surface area contributed by atoms with Gasteiger partial charge in [-0.1, -0.05) is 57.3 Å². The zero-order valence-corrected chi connectivity index (χ0v) is 23.4. The molecule has 37 heavy (non-hydrogen) atoms. The fourth-order valence-corrected chi connectivity index (χ4v) is 4.48. The highest BCUT2D eigenvalue weighted by molar-refractivity contribution is 9.10. The lowest BCUT2D eigenvalue weighted by atomic mass is 10.2. The average molecular weight is 604 g/mol. The molecule has 7 nitrogen and oxygen atoms in total. The minimum atomic E-state index is -0.230. The first-order chi connectivity index (χ1) is 17.7. The van der Waals surface area contributed by atoms with E-state index in [9.17, 15) is 9.59 Å². The number of benzene rings is 3. The number of urea groups is 1. The molecule has 0 unspecified atom stereocenters. The van der Waals surface area contributed by atoms with Crippen LogP contribution in [0.5, 0.6) is 11.5 Å². The SMILES string of the molecule is Cc1nc2ccccc2n(CCCN(C)C(=O)NCc2ccc(Br)cc2Oc2ccc(Cl)c(Cl)c2)c1=O. The smallest absolute Gasteiger partial charge is 0.317 e. The van der Waals surface area contributed by atoms with Crippen molar-refractivity contribution in [2.75, 3.05) is 13.6 Å². The van der Waals surface area contributed by atoms with Gasteiger partial charge in [0, 0.05) is 42.8 Å². The second kappa shape index (κ2) is 12.0. The molecule has 0 radical (unpaired) electrons. The number of aryl methyl sites for hydroxylation is 2. The number of nitrogens with one attached hydrogen (secondary N) is 1. The van der Waals surface area contributed by atoms with Crippen LogP contribution in [0.2, 0.25) is 10.0 Å². The summed E-state index contributed by atoms with van der Waals surface area (Å²) in [4.78, 5) is 31.4. The highest BCUT2D eigenvalue weighted by Crippen LogP contribution is 2.32. The van der Waals surface area contributed by atoms with Gasteiger partial charge >= 0.3 is 6.03 Å². The monoisotopic (exact) mass is 602 g/mol. The van der Waals surface area contributed by atoms with Gasteiger partial charge in [-0.2, -0.15) is 0 Å². The molecule has 0 fully saturated rings. The van der Waals surface area contributed by atoms with E-state index >= 15 is 0 Å². The topological polar surface area (TPSA) is 76.5 Å². The molecule has 2 amide bonds. The lowest BCUT2D eigenvalue weighted by molar-refractivity contribution is 0.207. The summed E-state index contributed by atoms with van der Waals surface area (Å²) in [6.07, 6.45) is 0.612. The van der Waals surface area contributed by atoms with Gasteiger partial charge in [0.05, 0.1) is 21.1 Å². The van der Waals surface area contributed by atoms with Crippen molar-refractivity contribution in [2.24, 2.45) is 0 Å². The lowest BCUT2D eigenvalue weighted by Gasteiger charge is -2.19. The van der Waals surface area contributed by atoms with Crippen molar-refractivity contribution < 1.29 is 9.53 Å². The van der Waals surface area contributed by atoms with Gasteiger partial charge in [-0.05, 0) is 49.7 Å². The summed E-state index contributed by atoms with van der Waals surface area (Å²) < 4.78 is 8.57. The predicted molar refractivity (Wildman–Crippen MR) is 151 cm³/mol. The molecule has 0 saturated heterocycles. The van der Waals surface area contributed by atoms with E-state index in [1.165, 1.54) is 0 Å². The van der Waals surface area contributed by atoms with Crippen LogP contribution in [0.25, 0.3) is 11.0 Å². The molecule has 0 aliphatic heterocycles. The number of para-hydroxylation sites is 2. The van der Waals surface area contributed by atoms with Crippen LogP contribution < -0.4 is 15.6 Å². The van der Waals surface area contributed by atoms with Gasteiger partial charge in [0.1, 0.15) is 17.2 Å². The fourth-order valence-electron chi connectivity index (χ4n) is 3.85. The van der Waals surface area contributed by atoms with Crippen LogP contribution in [0, 0.1) is 6.92 Å². The second-order valence-corrected chi connectivity index (χ2v) is 10.2. The van der Waals surface area contributed by atoms with E-state index in [-0.39, 0.29) is 18.1 Å². The van der Waals surface area contributed by atoms with Crippen LogP contribution >= 0.6 is 39.1 Å². The van der Waals surface area contributed by atoms with Gasteiger partial charge in [0.15, 0.2) is 0 Å². The van der Waals surface area contributed by atoms with Crippen molar-refractivity contribution in [1.29, 1.82) is 0 Å². The Morgan fingerprint density at radius 3 is 2.68 bits per heavy atom. The Kier molecular flexibility index (Phi) is 8.74. The number of fused-ring (bicyclic) bond motifs is 1. The first-order valence-electron chi connectivity index (χ1n) is 11.6. The van der Waals surface area contributed by atoms with Crippen LogP contribution in [0.4, 0.5) is 4.79 Å². The highest BCUT2D eigenvalue weighted by atomic mass is 79.9. The van der Waals surface area contributed by atoms with Crippen LogP contribution in [0.1, 0.15) is 17.7 Å². The Morgan fingerprint density at radius 1 is 1.11 bits per heavy atom. The first kappa shape index (κ1) is 27.0. The largest absolute Gasteiger partial charge is 0.457 e. The van der Waals surface area contributed by atoms with Crippen molar-refractivity contribution in [3.63, 3.8) is 0 Å². The zero-order chi connectivity index (χ0) is 26.5. The second-order valence-electron chi connectivity index (χ2n) is 8.51. The molecule has 0 saturated carbocycles. The fraction of sp³-hybridized carbons (Fsp3) is 0.222. The number of hydrogen-bond donors (Lipinski definition) is 1. The minimum absolute atomic E-state index is 0.115. The minimum Gasteiger partial charge on any atom is -0.457 e. The quantitative estimate of drug-likeness (QED) is 0.240. The molecular weight excluding hydrogens is 579 g/mol. The maximum atomic E-state index is 12.8. The van der Waals surface area contributed by atoms with Crippen LogP contribution in [0.3, 0.4) is 0 Å². The number of rotatable bonds is 8. The van der Waals surface area contributed by atoms with E-state index in [1.54, 1.807) is 41.6 Å². The van der Waals surface area contributed by atoms with Gasteiger partial charge in [-0.25, -0.2) is 9.78 Å². The third-order valence-corrected chi connectivity index (χ3v) is 7.05. The number of nitrogens with zero attached hydrogens (tertiary/aromatic N) is 3. The summed E-state index contributed by atoms with van der Waals surface area (Å²) in [6, 6.07) is 17.9. The number of hydrogen-bond acceptors (Lipinski definition) is 4. The number of ether oxygens (including phenoxy) is 1. The molecule has 0 bridgehead atoms. The Morgan fingerprint density at radius 2 is 1.89 bits per heavy atom. The van der Waals surface area contributed by atoms with E-state index in [1.807, 2.05) is 42.5 Å². The summed E-state index contributed by atoms with van der Waals surface area (Å²) in [7, 11) is 1.72. The summed E-state index contributed by atoms with van der Waals surface area (Å²) >= 11 is 15.6. The predicted octanol–water partition coefficient (Wildman–Crippen LogP) is 6.80. The summed E-state index contributed by atoms with van der Waals surface area (Å²) in [5, 5.41) is 3.76. The van der Waals surface area contributed by atoms with Gasteiger partial charge in [-0.15, -0.1) is 0 Å². The van der Waals surface area contributed by atoms with Gasteiger partial charge in [0.2, 0.25) is 0 Å². The van der Waals surface area contributed by atoms with E-state index in [4.69, 9.17) is 27.9 Å². The molecule has 0 aliphatic rings. The molecular formula is C27H25BrCl2N4O3. The molecule has 0 atom stereocenters. The van der Waals surface area contributed by atoms with Gasteiger partial charge < -0.3 is 19.5 Å². The van der Waals surface area contributed by atoms with Crippen molar-refractivity contribution in [2.45, 2.75) is 26.4 Å². The molecule has 1 N–H and O–H groups in total. The maximum Gasteiger partial charge on any atom is 0.317 e. The maximum absolute atomic E-state index is 12.8. The molecule has 0 spiro atoms. The van der Waals surface area contributed by atoms with Gasteiger partial charge in [-0.3, -0.25) is 4.79 Å². The van der Waals surface area contributed by atoms with Crippen molar-refractivity contribution in [1.82, 2.24) is 19.8 Å². The highest BCUT2D eigenvalue weighted by Gasteiger charge is 2.13. The van der Waals surface area contributed by atoms with Crippen molar-refractivity contribution in [3.05, 3.63) is 96.8 Å². The molecule has 3 aromatic carbocycles. The number of amides is 2. The standard InChI is InChI=1S/C27H25BrCl2N4O3/c1-17-26(35)34(24-7-4-3-6-23(24)32-17)13-5-12-33(2)27(36)31-16-18-8-9-19(28)14-25(18)37-20-10-11-21(29)22(30)15-20/h3-4,6-11,14-15H,5,12-13,16H2,1-2H3,(H,31,36). The molecule has 4 rings (SSSR count). The molecule has 0 aliphatic carbocycles. The van der Waals surface area contributed by atoms with E-state index in [0.29, 0.717) is 46.7 Å². The number of carbonyl (C=O) groups excluding carboxylic acids is 1. The molecule has 192 valence electrons. The van der Waals surface area contributed by atoms with E-state index in [2.05, 4.69) is 26.2 Å². The van der Waals surface area contributed by atoms with E-state index < -0.39 is 0 Å². The normalized spacial score (nSPS) is 10.9. The van der Waals surface area contributed by atoms with Crippen molar-refractivity contribution >= 4 is 56.2 Å². The lowest BCUT2D eigenvalue weighted by Crippen LogP contribution is -2.38. The van der Waals surface area contributed by atoms with Crippen LogP contribution in [-0.4, -0.2) is 34.1 Å². The summed E-state index contributed by atoms with van der Waals surface area (Å²) in [5.74, 6) is 1.11. The zero-order valence-electron chi connectivity index (χ0n) is 20.3. The first-order valence-corrected chi connectivity index (χ1v) is 13.1. The number of aromatic nitrogens is 2. The number of halogens is 3. The third kappa shape index (κ3) is 6.63. The molecule has 1 aromatic heterocycles. The van der Waals surface area contributed by atoms with Crippen molar-refractivity contribution in [3.8, 4) is 11.5 Å².